The number of carbonyl (C=O) groups is 1. The molecular formula is C16H24N4O3. The highest BCUT2D eigenvalue weighted by atomic mass is 16.5. The van der Waals surface area contributed by atoms with E-state index in [0.29, 0.717) is 18.1 Å². The van der Waals surface area contributed by atoms with Crippen LogP contribution in [0.25, 0.3) is 0 Å². The molecule has 3 rings (SSSR count). The zero-order valence-electron chi connectivity index (χ0n) is 13.5. The minimum absolute atomic E-state index is 0.132. The maximum Gasteiger partial charge on any atom is 0.267 e. The number of nitrogens with zero attached hydrogens (tertiary/aromatic N) is 3. The second-order valence-electron chi connectivity index (χ2n) is 6.06. The van der Waals surface area contributed by atoms with Crippen molar-refractivity contribution < 1.29 is 14.3 Å². The molecule has 7 nitrogen and oxygen atoms in total. The van der Waals surface area contributed by atoms with Crippen LogP contribution in [0.4, 0.5) is 0 Å². The summed E-state index contributed by atoms with van der Waals surface area (Å²) in [5, 5.41) is 1.95. The third-order valence-corrected chi connectivity index (χ3v) is 4.20. The molecule has 126 valence electrons. The maximum atomic E-state index is 12.2. The lowest BCUT2D eigenvalue weighted by Gasteiger charge is -2.32. The molecule has 2 aliphatic rings. The maximum absolute atomic E-state index is 12.2. The Labute approximate surface area is 136 Å². The molecule has 3 heterocycles. The Hall–Kier alpha value is -1.70. The van der Waals surface area contributed by atoms with Crippen LogP contribution in [0.1, 0.15) is 23.2 Å². The van der Waals surface area contributed by atoms with E-state index in [1.165, 1.54) is 0 Å². The van der Waals surface area contributed by atoms with E-state index in [2.05, 4.69) is 22.4 Å². The van der Waals surface area contributed by atoms with E-state index < -0.39 is 0 Å². The lowest BCUT2D eigenvalue weighted by Crippen LogP contribution is -2.52. The number of hydrogen-bond acceptors (Lipinski definition) is 6. The number of likely N-dealkylation sites (N-methyl/N-ethyl adjacent to an activating group) is 1. The van der Waals surface area contributed by atoms with Crippen LogP contribution < -0.4 is 10.2 Å². The van der Waals surface area contributed by atoms with Gasteiger partial charge in [0.05, 0.1) is 11.7 Å². The van der Waals surface area contributed by atoms with Gasteiger partial charge in [-0.05, 0) is 26.0 Å². The van der Waals surface area contributed by atoms with Crippen molar-refractivity contribution in [2.75, 3.05) is 46.4 Å². The number of aromatic nitrogens is 1. The predicted octanol–water partition coefficient (Wildman–Crippen LogP) is 0.532. The fourth-order valence-corrected chi connectivity index (χ4v) is 2.68. The standard InChI is InChI=1S/C16H24N4O3/c1-19-6-8-20(9-7-19)18-16(21)13-4-5-15(17-11-13)23-12-14-3-2-10-22-14/h4-5,11,14H,2-3,6-10,12H2,1H3,(H,18,21)/t14-/m0/s1. The Morgan fingerprint density at radius 2 is 2.22 bits per heavy atom. The van der Waals surface area contributed by atoms with Gasteiger partial charge < -0.3 is 14.4 Å². The van der Waals surface area contributed by atoms with Crippen LogP contribution >= 0.6 is 0 Å². The second-order valence-corrected chi connectivity index (χ2v) is 6.06. The molecular weight excluding hydrogens is 296 g/mol. The van der Waals surface area contributed by atoms with E-state index in [9.17, 15) is 4.79 Å². The van der Waals surface area contributed by atoms with Gasteiger partial charge >= 0.3 is 0 Å². The lowest BCUT2D eigenvalue weighted by atomic mass is 10.2. The Kier molecular flexibility index (Phi) is 5.43. The van der Waals surface area contributed by atoms with Gasteiger partial charge in [0.2, 0.25) is 5.88 Å². The van der Waals surface area contributed by atoms with Gasteiger partial charge in [-0.25, -0.2) is 9.99 Å². The van der Waals surface area contributed by atoms with Crippen molar-refractivity contribution in [3.05, 3.63) is 23.9 Å². The van der Waals surface area contributed by atoms with Gasteiger partial charge in [-0.15, -0.1) is 0 Å². The van der Waals surface area contributed by atoms with Crippen molar-refractivity contribution in [3.63, 3.8) is 0 Å². The summed E-state index contributed by atoms with van der Waals surface area (Å²) >= 11 is 0. The van der Waals surface area contributed by atoms with Crippen molar-refractivity contribution >= 4 is 5.91 Å². The number of rotatable bonds is 5. The van der Waals surface area contributed by atoms with Crippen LogP contribution in [0.15, 0.2) is 18.3 Å². The summed E-state index contributed by atoms with van der Waals surface area (Å²) in [4.78, 5) is 18.6. The Morgan fingerprint density at radius 3 is 2.87 bits per heavy atom. The summed E-state index contributed by atoms with van der Waals surface area (Å²) in [6.45, 7) is 4.90. The molecule has 2 saturated heterocycles. The number of nitrogens with one attached hydrogen (secondary N) is 1. The molecule has 1 N–H and O–H groups in total. The normalized spacial score (nSPS) is 22.9. The quantitative estimate of drug-likeness (QED) is 0.854. The van der Waals surface area contributed by atoms with Crippen LogP contribution in [0, 0.1) is 0 Å². The first-order valence-electron chi connectivity index (χ1n) is 8.15. The summed E-state index contributed by atoms with van der Waals surface area (Å²) in [6.07, 6.45) is 3.84. The molecule has 2 fully saturated rings. The van der Waals surface area contributed by atoms with Gasteiger partial charge in [-0.2, -0.15) is 0 Å². The van der Waals surface area contributed by atoms with Crippen molar-refractivity contribution in [2.24, 2.45) is 0 Å². The minimum Gasteiger partial charge on any atom is -0.475 e. The molecule has 2 aliphatic heterocycles. The Morgan fingerprint density at radius 1 is 1.39 bits per heavy atom. The number of amides is 1. The lowest BCUT2D eigenvalue weighted by molar-refractivity contribution is 0.0652. The largest absolute Gasteiger partial charge is 0.475 e. The number of piperazine rings is 1. The highest BCUT2D eigenvalue weighted by Gasteiger charge is 2.18. The van der Waals surface area contributed by atoms with Crippen molar-refractivity contribution in [1.82, 2.24) is 20.3 Å². The average Bonchev–Trinajstić information content (AvgIpc) is 3.09. The Balaban J connectivity index is 1.47. The summed E-state index contributed by atoms with van der Waals surface area (Å²) in [5.41, 5.74) is 3.45. The van der Waals surface area contributed by atoms with E-state index in [4.69, 9.17) is 9.47 Å². The topological polar surface area (TPSA) is 66.9 Å². The van der Waals surface area contributed by atoms with Crippen molar-refractivity contribution in [2.45, 2.75) is 18.9 Å². The highest BCUT2D eigenvalue weighted by Crippen LogP contribution is 2.14. The third kappa shape index (κ3) is 4.63. The van der Waals surface area contributed by atoms with Crippen LogP contribution in [0.2, 0.25) is 0 Å². The van der Waals surface area contributed by atoms with Gasteiger partial charge in [0.1, 0.15) is 6.61 Å². The van der Waals surface area contributed by atoms with Crippen LogP contribution in [0.3, 0.4) is 0 Å². The first kappa shape index (κ1) is 16.2. The van der Waals surface area contributed by atoms with Gasteiger partial charge in [0, 0.05) is 45.0 Å². The molecule has 0 aromatic carbocycles. The van der Waals surface area contributed by atoms with E-state index in [0.717, 1.165) is 45.6 Å². The highest BCUT2D eigenvalue weighted by molar-refractivity contribution is 5.93. The molecule has 0 spiro atoms. The third-order valence-electron chi connectivity index (χ3n) is 4.20. The zero-order valence-corrected chi connectivity index (χ0v) is 13.5. The molecule has 0 saturated carbocycles. The predicted molar refractivity (Wildman–Crippen MR) is 85.2 cm³/mol. The monoisotopic (exact) mass is 320 g/mol. The van der Waals surface area contributed by atoms with E-state index in [-0.39, 0.29) is 12.0 Å². The number of carbonyl (C=O) groups excluding carboxylic acids is 1. The molecule has 1 amide bonds. The minimum atomic E-state index is -0.132. The molecule has 1 aromatic rings. The van der Waals surface area contributed by atoms with Gasteiger partial charge in [0.15, 0.2) is 0 Å². The number of ether oxygens (including phenoxy) is 2. The van der Waals surface area contributed by atoms with Gasteiger partial charge in [-0.1, -0.05) is 0 Å². The number of hydrazine groups is 1. The van der Waals surface area contributed by atoms with E-state index in [1.54, 1.807) is 18.3 Å². The number of hydrogen-bond donors (Lipinski definition) is 1. The summed E-state index contributed by atoms with van der Waals surface area (Å²) in [5.74, 6) is 0.393. The number of pyridine rings is 1. The molecule has 0 bridgehead atoms. The zero-order chi connectivity index (χ0) is 16.1. The SMILES string of the molecule is CN1CCN(NC(=O)c2ccc(OC[C@@H]3CCCO3)nc2)CC1. The Bertz CT molecular complexity index is 509. The van der Waals surface area contributed by atoms with Crippen LogP contribution in [-0.4, -0.2) is 73.3 Å². The average molecular weight is 320 g/mol. The fraction of sp³-hybridized carbons (Fsp3) is 0.625. The smallest absolute Gasteiger partial charge is 0.267 e. The van der Waals surface area contributed by atoms with E-state index in [1.807, 2.05) is 5.01 Å². The molecule has 1 atom stereocenters. The van der Waals surface area contributed by atoms with Crippen molar-refractivity contribution in [1.29, 1.82) is 0 Å². The molecule has 23 heavy (non-hydrogen) atoms. The second kappa shape index (κ2) is 7.72. The molecule has 0 aliphatic carbocycles. The fourth-order valence-electron chi connectivity index (χ4n) is 2.68. The molecule has 1 aromatic heterocycles. The van der Waals surface area contributed by atoms with E-state index >= 15 is 0 Å². The first-order valence-corrected chi connectivity index (χ1v) is 8.15. The van der Waals surface area contributed by atoms with Gasteiger partial charge in [0.25, 0.3) is 5.91 Å². The summed E-state index contributed by atoms with van der Waals surface area (Å²) in [6, 6.07) is 3.47. The van der Waals surface area contributed by atoms with Gasteiger partial charge in [-0.3, -0.25) is 10.2 Å². The van der Waals surface area contributed by atoms with Crippen LogP contribution in [0.5, 0.6) is 5.88 Å². The van der Waals surface area contributed by atoms with Crippen LogP contribution in [-0.2, 0) is 4.74 Å². The molecule has 0 unspecified atom stereocenters. The molecule has 7 heteroatoms. The molecule has 0 radical (unpaired) electrons. The summed E-state index contributed by atoms with van der Waals surface area (Å²) in [7, 11) is 2.08. The summed E-state index contributed by atoms with van der Waals surface area (Å²) < 4.78 is 11.1. The van der Waals surface area contributed by atoms with Crippen molar-refractivity contribution in [3.8, 4) is 5.88 Å². The first-order chi connectivity index (χ1) is 11.2.